The molecule has 2 amide bonds. The average Bonchev–Trinajstić information content (AvgIpc) is 2.91. The lowest BCUT2D eigenvalue weighted by atomic mass is 10.2. The molecule has 3 rings (SSSR count). The number of hydrogen-bond donors (Lipinski definition) is 2. The van der Waals surface area contributed by atoms with Crippen LogP contribution in [-0.2, 0) is 11.4 Å². The van der Waals surface area contributed by atoms with Crippen LogP contribution in [0.3, 0.4) is 0 Å². The number of ether oxygens (including phenoxy) is 4. The number of carbonyl (C=O) groups excluding carboxylic acids is 2. The maximum absolute atomic E-state index is 12.3. The number of hydrazone groups is 1. The lowest BCUT2D eigenvalue weighted by Gasteiger charge is -2.12. The van der Waals surface area contributed by atoms with Crippen molar-refractivity contribution in [3.05, 3.63) is 81.3 Å². The third kappa shape index (κ3) is 7.77. The van der Waals surface area contributed by atoms with E-state index >= 15 is 0 Å². The van der Waals surface area contributed by atoms with E-state index in [1.54, 1.807) is 48.5 Å². The predicted octanol–water partition coefficient (Wildman–Crippen LogP) is 4.48. The highest BCUT2D eigenvalue weighted by Crippen LogP contribution is 2.30. The zero-order valence-electron chi connectivity index (χ0n) is 20.3. The van der Waals surface area contributed by atoms with Gasteiger partial charge in [-0.05, 0) is 54.1 Å². The summed E-state index contributed by atoms with van der Waals surface area (Å²) in [6.45, 7) is -0.0429. The van der Waals surface area contributed by atoms with Gasteiger partial charge in [0.1, 0.15) is 6.61 Å². The van der Waals surface area contributed by atoms with E-state index in [1.807, 2.05) is 0 Å². The number of nitrogens with one attached hydrogen (secondary N) is 2. The fraction of sp³-hybridized carbons (Fsp3) is 0.192. The molecule has 194 valence electrons. The number of carbonyl (C=O) groups is 2. The molecule has 0 fully saturated rings. The summed E-state index contributed by atoms with van der Waals surface area (Å²) >= 11 is 12.1. The molecule has 0 aromatic heterocycles. The van der Waals surface area contributed by atoms with Gasteiger partial charge >= 0.3 is 0 Å². The van der Waals surface area contributed by atoms with Crippen molar-refractivity contribution >= 4 is 41.2 Å². The number of benzene rings is 3. The molecular weight excluding hydrogens is 521 g/mol. The molecule has 0 bridgehead atoms. The summed E-state index contributed by atoms with van der Waals surface area (Å²) in [5.74, 6) is 0.936. The molecule has 0 unspecified atom stereocenters. The van der Waals surface area contributed by atoms with Crippen LogP contribution >= 0.6 is 23.2 Å². The van der Waals surface area contributed by atoms with Crippen LogP contribution in [0.2, 0.25) is 10.0 Å². The Bertz CT molecular complexity index is 1300. The third-order valence-electron chi connectivity index (χ3n) is 5.04. The van der Waals surface area contributed by atoms with Gasteiger partial charge in [0.05, 0.1) is 34.1 Å². The Balaban J connectivity index is 1.52. The van der Waals surface area contributed by atoms with Gasteiger partial charge in [0.15, 0.2) is 23.0 Å². The van der Waals surface area contributed by atoms with Crippen molar-refractivity contribution in [3.63, 3.8) is 0 Å². The number of amides is 2. The standard InChI is InChI=1S/C26H25Cl2N3O6/c1-34-21-9-6-17(11-24(21)36-3)26(33)29-14-25(32)31-30-13-16-4-8-22(23(10-16)35-2)37-15-18-5-7-19(27)12-20(18)28/h4-13H,14-15H2,1-3H3,(H,29,33)(H,31,32)/b30-13+. The summed E-state index contributed by atoms with van der Waals surface area (Å²) in [6, 6.07) is 15.0. The van der Waals surface area contributed by atoms with Gasteiger partial charge in [0.25, 0.3) is 11.8 Å². The van der Waals surface area contributed by atoms with Crippen LogP contribution in [0.25, 0.3) is 0 Å². The Labute approximate surface area is 224 Å². The minimum atomic E-state index is -0.503. The van der Waals surface area contributed by atoms with Gasteiger partial charge in [-0.1, -0.05) is 29.3 Å². The second kappa shape index (κ2) is 13.4. The second-order valence-electron chi connectivity index (χ2n) is 7.48. The zero-order chi connectivity index (χ0) is 26.8. The van der Waals surface area contributed by atoms with Crippen molar-refractivity contribution in [2.45, 2.75) is 6.61 Å². The lowest BCUT2D eigenvalue weighted by Crippen LogP contribution is -2.34. The van der Waals surface area contributed by atoms with E-state index in [0.717, 1.165) is 5.56 Å². The molecule has 0 saturated carbocycles. The van der Waals surface area contributed by atoms with E-state index in [-0.39, 0.29) is 13.2 Å². The van der Waals surface area contributed by atoms with Crippen LogP contribution in [0.4, 0.5) is 0 Å². The average molecular weight is 546 g/mol. The first kappa shape index (κ1) is 27.6. The van der Waals surface area contributed by atoms with Gasteiger partial charge in [-0.2, -0.15) is 5.10 Å². The molecule has 2 N–H and O–H groups in total. The van der Waals surface area contributed by atoms with E-state index in [1.165, 1.54) is 33.6 Å². The maximum Gasteiger partial charge on any atom is 0.259 e. The largest absolute Gasteiger partial charge is 0.493 e. The molecule has 0 heterocycles. The van der Waals surface area contributed by atoms with Gasteiger partial charge < -0.3 is 24.3 Å². The third-order valence-corrected chi connectivity index (χ3v) is 5.63. The first-order valence-corrected chi connectivity index (χ1v) is 11.7. The van der Waals surface area contributed by atoms with Crippen molar-refractivity contribution in [3.8, 4) is 23.0 Å². The van der Waals surface area contributed by atoms with E-state index in [4.69, 9.17) is 42.1 Å². The van der Waals surface area contributed by atoms with Gasteiger partial charge in [-0.3, -0.25) is 9.59 Å². The molecule has 0 radical (unpaired) electrons. The summed E-state index contributed by atoms with van der Waals surface area (Å²) in [5.41, 5.74) is 4.12. The maximum atomic E-state index is 12.3. The monoisotopic (exact) mass is 545 g/mol. The van der Waals surface area contributed by atoms with Crippen LogP contribution in [0.15, 0.2) is 59.7 Å². The highest BCUT2D eigenvalue weighted by molar-refractivity contribution is 6.35. The normalized spacial score (nSPS) is 10.6. The van der Waals surface area contributed by atoms with Crippen molar-refractivity contribution in [1.82, 2.24) is 10.7 Å². The Morgan fingerprint density at radius 1 is 0.865 bits per heavy atom. The van der Waals surface area contributed by atoms with Crippen molar-refractivity contribution < 1.29 is 28.5 Å². The number of methoxy groups -OCH3 is 3. The minimum Gasteiger partial charge on any atom is -0.493 e. The SMILES string of the molecule is COc1ccc(C(=O)NCC(=O)N/N=C/c2ccc(OCc3ccc(Cl)cc3Cl)c(OC)c2)cc1OC. The Kier molecular flexibility index (Phi) is 10.00. The van der Waals surface area contributed by atoms with Crippen LogP contribution in [-0.4, -0.2) is 45.9 Å². The molecule has 3 aromatic carbocycles. The van der Waals surface area contributed by atoms with Crippen LogP contribution in [0, 0.1) is 0 Å². The van der Waals surface area contributed by atoms with E-state index in [2.05, 4.69) is 15.8 Å². The number of hydrogen-bond acceptors (Lipinski definition) is 7. The molecule has 0 aliphatic carbocycles. The summed E-state index contributed by atoms with van der Waals surface area (Å²) in [6.07, 6.45) is 1.44. The fourth-order valence-corrected chi connectivity index (χ4v) is 3.60. The predicted molar refractivity (Wildman–Crippen MR) is 141 cm³/mol. The molecule has 0 atom stereocenters. The summed E-state index contributed by atoms with van der Waals surface area (Å²) in [4.78, 5) is 24.4. The van der Waals surface area contributed by atoms with E-state index in [9.17, 15) is 9.59 Å². The fourth-order valence-electron chi connectivity index (χ4n) is 3.14. The minimum absolute atomic E-state index is 0.227. The second-order valence-corrected chi connectivity index (χ2v) is 8.32. The molecule has 0 aliphatic rings. The van der Waals surface area contributed by atoms with Gasteiger partial charge in [-0.25, -0.2) is 5.43 Å². The van der Waals surface area contributed by atoms with Gasteiger partial charge in [0, 0.05) is 21.2 Å². The van der Waals surface area contributed by atoms with Crippen LogP contribution in [0.1, 0.15) is 21.5 Å². The van der Waals surface area contributed by atoms with Crippen molar-refractivity contribution in [2.75, 3.05) is 27.9 Å². The highest BCUT2D eigenvalue weighted by atomic mass is 35.5. The quantitative estimate of drug-likeness (QED) is 0.271. The summed E-state index contributed by atoms with van der Waals surface area (Å²) in [7, 11) is 4.49. The molecule has 37 heavy (non-hydrogen) atoms. The Hall–Kier alpha value is -3.95. The molecule has 11 heteroatoms. The highest BCUT2D eigenvalue weighted by Gasteiger charge is 2.12. The number of rotatable bonds is 11. The van der Waals surface area contributed by atoms with Gasteiger partial charge in [0.2, 0.25) is 0 Å². The number of halogens is 2. The molecule has 3 aromatic rings. The summed E-state index contributed by atoms with van der Waals surface area (Å²) in [5, 5.41) is 7.49. The first-order valence-electron chi connectivity index (χ1n) is 10.9. The van der Waals surface area contributed by atoms with Crippen LogP contribution in [0.5, 0.6) is 23.0 Å². The topological polar surface area (TPSA) is 107 Å². The van der Waals surface area contributed by atoms with Crippen molar-refractivity contribution in [2.24, 2.45) is 5.10 Å². The summed E-state index contributed by atoms with van der Waals surface area (Å²) < 4.78 is 21.6. The molecule has 9 nitrogen and oxygen atoms in total. The Morgan fingerprint density at radius 3 is 2.27 bits per heavy atom. The zero-order valence-corrected chi connectivity index (χ0v) is 21.9. The Morgan fingerprint density at radius 2 is 1.57 bits per heavy atom. The van der Waals surface area contributed by atoms with E-state index in [0.29, 0.717) is 44.2 Å². The van der Waals surface area contributed by atoms with Crippen LogP contribution < -0.4 is 29.7 Å². The van der Waals surface area contributed by atoms with Crippen molar-refractivity contribution in [1.29, 1.82) is 0 Å². The molecule has 0 saturated heterocycles. The van der Waals surface area contributed by atoms with E-state index < -0.39 is 11.8 Å². The molecular formula is C26H25Cl2N3O6. The molecule has 0 aliphatic heterocycles. The lowest BCUT2D eigenvalue weighted by molar-refractivity contribution is -0.120. The van der Waals surface area contributed by atoms with Gasteiger partial charge in [-0.15, -0.1) is 0 Å². The first-order chi connectivity index (χ1) is 17.8. The molecule has 0 spiro atoms. The number of nitrogens with zero attached hydrogens (tertiary/aromatic N) is 1. The smallest absolute Gasteiger partial charge is 0.259 e.